The number of rotatable bonds is 5. The van der Waals surface area contributed by atoms with Crippen LogP contribution in [0.4, 0.5) is 0 Å². The molecule has 4 nitrogen and oxygen atoms in total. The number of carbonyl (C=O) groups excluding carboxylic acids is 1. The van der Waals surface area contributed by atoms with Crippen LogP contribution in [-0.2, 0) is 4.79 Å². The molecule has 1 aliphatic heterocycles. The summed E-state index contributed by atoms with van der Waals surface area (Å²) in [7, 11) is 1.99. The summed E-state index contributed by atoms with van der Waals surface area (Å²) in [6, 6.07) is 0.406. The average molecular weight is 213 g/mol. The molecule has 0 aromatic heterocycles. The second-order valence-corrected chi connectivity index (χ2v) is 4.27. The van der Waals surface area contributed by atoms with Crippen LogP contribution < -0.4 is 10.6 Å². The van der Waals surface area contributed by atoms with Crippen molar-refractivity contribution in [1.82, 2.24) is 15.5 Å². The van der Waals surface area contributed by atoms with Gasteiger partial charge in [-0.1, -0.05) is 0 Å². The fourth-order valence-electron chi connectivity index (χ4n) is 2.07. The molecular formula is C11H23N3O. The van der Waals surface area contributed by atoms with Crippen LogP contribution in [0.25, 0.3) is 0 Å². The van der Waals surface area contributed by atoms with E-state index in [2.05, 4.69) is 15.5 Å². The highest BCUT2D eigenvalue weighted by Gasteiger charge is 2.18. The largest absolute Gasteiger partial charge is 0.354 e. The van der Waals surface area contributed by atoms with E-state index in [1.54, 1.807) is 6.92 Å². The smallest absolute Gasteiger partial charge is 0.217 e. The summed E-state index contributed by atoms with van der Waals surface area (Å²) in [5, 5.41) is 6.15. The van der Waals surface area contributed by atoms with Gasteiger partial charge in [0.25, 0.3) is 0 Å². The number of piperidine rings is 1. The first-order valence-electron chi connectivity index (χ1n) is 5.86. The lowest BCUT2D eigenvalue weighted by Gasteiger charge is -2.32. The molecule has 0 unspecified atom stereocenters. The van der Waals surface area contributed by atoms with Gasteiger partial charge in [-0.3, -0.25) is 4.79 Å². The third-order valence-corrected chi connectivity index (χ3v) is 2.90. The predicted molar refractivity (Wildman–Crippen MR) is 61.8 cm³/mol. The monoisotopic (exact) mass is 213 g/mol. The van der Waals surface area contributed by atoms with Crippen LogP contribution >= 0.6 is 0 Å². The first-order valence-corrected chi connectivity index (χ1v) is 5.86. The van der Waals surface area contributed by atoms with Gasteiger partial charge < -0.3 is 15.5 Å². The van der Waals surface area contributed by atoms with Crippen LogP contribution in [0.2, 0.25) is 0 Å². The van der Waals surface area contributed by atoms with Crippen molar-refractivity contribution >= 4 is 5.91 Å². The van der Waals surface area contributed by atoms with Crippen molar-refractivity contribution < 1.29 is 4.79 Å². The van der Waals surface area contributed by atoms with Crippen molar-refractivity contribution in [3.63, 3.8) is 0 Å². The first-order chi connectivity index (χ1) is 7.22. The van der Waals surface area contributed by atoms with Crippen molar-refractivity contribution in [2.45, 2.75) is 32.2 Å². The van der Waals surface area contributed by atoms with E-state index < -0.39 is 0 Å². The van der Waals surface area contributed by atoms with E-state index in [1.165, 1.54) is 13.0 Å². The van der Waals surface area contributed by atoms with Crippen molar-refractivity contribution in [1.29, 1.82) is 0 Å². The lowest BCUT2D eigenvalue weighted by atomic mass is 10.0. The molecule has 0 radical (unpaired) electrons. The van der Waals surface area contributed by atoms with Crippen LogP contribution in [0.5, 0.6) is 0 Å². The van der Waals surface area contributed by atoms with Gasteiger partial charge in [-0.05, 0) is 39.4 Å². The molecule has 0 aliphatic carbocycles. The topological polar surface area (TPSA) is 44.4 Å². The number of amides is 1. The minimum atomic E-state index is 0.101. The molecule has 15 heavy (non-hydrogen) atoms. The Morgan fingerprint density at radius 3 is 2.60 bits per heavy atom. The molecular weight excluding hydrogens is 190 g/mol. The van der Waals surface area contributed by atoms with Gasteiger partial charge in [0.1, 0.15) is 0 Å². The van der Waals surface area contributed by atoms with E-state index in [9.17, 15) is 4.79 Å². The van der Waals surface area contributed by atoms with E-state index in [0.717, 1.165) is 32.5 Å². The molecule has 1 fully saturated rings. The van der Waals surface area contributed by atoms with Crippen LogP contribution in [0.15, 0.2) is 0 Å². The zero-order valence-corrected chi connectivity index (χ0v) is 9.88. The molecule has 1 heterocycles. The zero-order chi connectivity index (χ0) is 11.1. The molecule has 0 atom stereocenters. The van der Waals surface area contributed by atoms with Crippen LogP contribution in [0.3, 0.4) is 0 Å². The Labute approximate surface area is 92.4 Å². The molecule has 0 aromatic carbocycles. The van der Waals surface area contributed by atoms with Gasteiger partial charge in [0.15, 0.2) is 0 Å². The molecule has 0 aromatic rings. The standard InChI is InChI=1S/C11H23N3O/c1-10(15)13-11-4-8-14(9-5-11)7-3-6-12-2/h11-12H,3-9H2,1-2H3,(H,13,15). The molecule has 1 rings (SSSR count). The van der Waals surface area contributed by atoms with E-state index in [4.69, 9.17) is 0 Å². The first kappa shape index (κ1) is 12.5. The SMILES string of the molecule is CNCCCN1CCC(NC(C)=O)CC1. The van der Waals surface area contributed by atoms with Gasteiger partial charge in [0.2, 0.25) is 5.91 Å². The maximum absolute atomic E-state index is 10.9. The second kappa shape index (κ2) is 6.80. The van der Waals surface area contributed by atoms with Crippen LogP contribution in [-0.4, -0.2) is 50.1 Å². The predicted octanol–water partition coefficient (Wildman–Crippen LogP) is 0.196. The van der Waals surface area contributed by atoms with Gasteiger partial charge in [0.05, 0.1) is 0 Å². The van der Waals surface area contributed by atoms with Crippen molar-refractivity contribution in [3.05, 3.63) is 0 Å². The molecule has 0 saturated carbocycles. The fraction of sp³-hybridized carbons (Fsp3) is 0.909. The molecule has 1 saturated heterocycles. The normalized spacial score (nSPS) is 19.1. The quantitative estimate of drug-likeness (QED) is 0.641. The number of likely N-dealkylation sites (tertiary alicyclic amines) is 1. The Kier molecular flexibility index (Phi) is 5.65. The zero-order valence-electron chi connectivity index (χ0n) is 9.88. The van der Waals surface area contributed by atoms with Crippen molar-refractivity contribution in [3.8, 4) is 0 Å². The second-order valence-electron chi connectivity index (χ2n) is 4.27. The molecule has 0 bridgehead atoms. The Hall–Kier alpha value is -0.610. The van der Waals surface area contributed by atoms with Crippen LogP contribution in [0, 0.1) is 0 Å². The van der Waals surface area contributed by atoms with Gasteiger partial charge in [-0.25, -0.2) is 0 Å². The van der Waals surface area contributed by atoms with Gasteiger partial charge in [0, 0.05) is 26.1 Å². The van der Waals surface area contributed by atoms with Crippen molar-refractivity contribution in [2.75, 3.05) is 33.2 Å². The van der Waals surface area contributed by atoms with Gasteiger partial charge >= 0.3 is 0 Å². The fourth-order valence-corrected chi connectivity index (χ4v) is 2.07. The number of carbonyl (C=O) groups is 1. The molecule has 2 N–H and O–H groups in total. The number of nitrogens with zero attached hydrogens (tertiary/aromatic N) is 1. The summed E-state index contributed by atoms with van der Waals surface area (Å²) < 4.78 is 0. The Morgan fingerprint density at radius 1 is 1.40 bits per heavy atom. The third kappa shape index (κ3) is 5.14. The summed E-state index contributed by atoms with van der Waals surface area (Å²) in [5.74, 6) is 0.101. The highest BCUT2D eigenvalue weighted by atomic mass is 16.1. The average Bonchev–Trinajstić information content (AvgIpc) is 2.20. The molecule has 4 heteroatoms. The summed E-state index contributed by atoms with van der Waals surface area (Å²) >= 11 is 0. The molecule has 88 valence electrons. The van der Waals surface area contributed by atoms with Crippen molar-refractivity contribution in [2.24, 2.45) is 0 Å². The Bertz CT molecular complexity index is 188. The number of nitrogens with one attached hydrogen (secondary N) is 2. The minimum Gasteiger partial charge on any atom is -0.354 e. The van der Waals surface area contributed by atoms with Gasteiger partial charge in [-0.2, -0.15) is 0 Å². The lowest BCUT2D eigenvalue weighted by molar-refractivity contribution is -0.119. The number of hydrogen-bond donors (Lipinski definition) is 2. The van der Waals surface area contributed by atoms with E-state index in [-0.39, 0.29) is 5.91 Å². The highest BCUT2D eigenvalue weighted by molar-refractivity contribution is 5.73. The Morgan fingerprint density at radius 2 is 2.07 bits per heavy atom. The van der Waals surface area contributed by atoms with E-state index in [0.29, 0.717) is 6.04 Å². The summed E-state index contributed by atoms with van der Waals surface area (Å²) in [4.78, 5) is 13.4. The summed E-state index contributed by atoms with van der Waals surface area (Å²) in [6.07, 6.45) is 3.40. The third-order valence-electron chi connectivity index (χ3n) is 2.90. The summed E-state index contributed by atoms with van der Waals surface area (Å²) in [5.41, 5.74) is 0. The molecule has 1 aliphatic rings. The molecule has 1 amide bonds. The Balaban J connectivity index is 2.10. The van der Waals surface area contributed by atoms with E-state index in [1.807, 2.05) is 7.05 Å². The van der Waals surface area contributed by atoms with Gasteiger partial charge in [-0.15, -0.1) is 0 Å². The molecule has 0 spiro atoms. The highest BCUT2D eigenvalue weighted by Crippen LogP contribution is 2.10. The maximum Gasteiger partial charge on any atom is 0.217 e. The maximum atomic E-state index is 10.9. The van der Waals surface area contributed by atoms with Crippen LogP contribution in [0.1, 0.15) is 26.2 Å². The van der Waals surface area contributed by atoms with E-state index >= 15 is 0 Å². The summed E-state index contributed by atoms with van der Waals surface area (Å²) in [6.45, 7) is 6.10. The number of hydrogen-bond acceptors (Lipinski definition) is 3. The lowest BCUT2D eigenvalue weighted by Crippen LogP contribution is -2.44. The minimum absolute atomic E-state index is 0.101.